The van der Waals surface area contributed by atoms with Gasteiger partial charge in [-0.15, -0.1) is 0 Å². The van der Waals surface area contributed by atoms with Crippen molar-refractivity contribution in [2.24, 2.45) is 12.8 Å². The molecule has 0 spiro atoms. The molecule has 28 heavy (non-hydrogen) atoms. The standard InChI is InChI=1S/C20H20FN5O2/c1-9-13(21)7-15(28-4)10(2)17(9)26-18-11(16(19(26)22)20(23)27)5-6-14-12(18)8-25(3)24-14/h5-8H,22H2,1-4H3,(H2,23,27). The van der Waals surface area contributed by atoms with Crippen molar-refractivity contribution in [1.82, 2.24) is 14.3 Å². The summed E-state index contributed by atoms with van der Waals surface area (Å²) in [5.74, 6) is -0.545. The summed E-state index contributed by atoms with van der Waals surface area (Å²) in [7, 11) is 3.28. The van der Waals surface area contributed by atoms with Gasteiger partial charge >= 0.3 is 0 Å². The van der Waals surface area contributed by atoms with Gasteiger partial charge in [0.1, 0.15) is 17.4 Å². The fourth-order valence-electron chi connectivity index (χ4n) is 3.89. The zero-order chi connectivity index (χ0) is 20.3. The molecule has 2 heterocycles. The van der Waals surface area contributed by atoms with E-state index in [0.29, 0.717) is 33.5 Å². The molecule has 0 aliphatic rings. The zero-order valence-electron chi connectivity index (χ0n) is 16.0. The number of methoxy groups -OCH3 is 1. The first kappa shape index (κ1) is 17.8. The van der Waals surface area contributed by atoms with Crippen LogP contribution in [0.3, 0.4) is 0 Å². The molecule has 2 aromatic carbocycles. The summed E-state index contributed by atoms with van der Waals surface area (Å²) in [4.78, 5) is 12.2. The van der Waals surface area contributed by atoms with Crippen molar-refractivity contribution < 1.29 is 13.9 Å². The van der Waals surface area contributed by atoms with Crippen LogP contribution >= 0.6 is 0 Å². The first-order valence-electron chi connectivity index (χ1n) is 8.66. The summed E-state index contributed by atoms with van der Waals surface area (Å²) in [6.45, 7) is 3.48. The van der Waals surface area contributed by atoms with Crippen molar-refractivity contribution in [3.05, 3.63) is 46.9 Å². The van der Waals surface area contributed by atoms with Crippen molar-refractivity contribution in [3.8, 4) is 11.4 Å². The SMILES string of the molecule is COc1cc(F)c(C)c(-n2c(N)c(C(N)=O)c3ccc4nn(C)cc4c32)c1C. The number of fused-ring (bicyclic) bond motifs is 3. The second kappa shape index (κ2) is 5.98. The number of nitrogens with zero attached hydrogens (tertiary/aromatic N) is 3. The van der Waals surface area contributed by atoms with E-state index in [-0.39, 0.29) is 11.4 Å². The highest BCUT2D eigenvalue weighted by Crippen LogP contribution is 2.40. The highest BCUT2D eigenvalue weighted by Gasteiger charge is 2.26. The van der Waals surface area contributed by atoms with E-state index in [9.17, 15) is 9.18 Å². The molecule has 7 nitrogen and oxygen atoms in total. The summed E-state index contributed by atoms with van der Waals surface area (Å²) < 4.78 is 23.4. The third-order valence-electron chi connectivity index (χ3n) is 5.15. The first-order valence-corrected chi connectivity index (χ1v) is 8.66. The largest absolute Gasteiger partial charge is 0.496 e. The first-order chi connectivity index (χ1) is 13.3. The van der Waals surface area contributed by atoms with Crippen LogP contribution in [0.4, 0.5) is 10.2 Å². The molecule has 144 valence electrons. The van der Waals surface area contributed by atoms with Gasteiger partial charge in [0.25, 0.3) is 5.91 Å². The Morgan fingerprint density at radius 1 is 1.21 bits per heavy atom. The van der Waals surface area contributed by atoms with Crippen LogP contribution in [-0.2, 0) is 7.05 Å². The van der Waals surface area contributed by atoms with Crippen molar-refractivity contribution in [2.45, 2.75) is 13.8 Å². The Morgan fingerprint density at radius 2 is 1.93 bits per heavy atom. The van der Waals surface area contributed by atoms with Gasteiger partial charge in [-0.2, -0.15) is 5.10 Å². The topological polar surface area (TPSA) is 101 Å². The smallest absolute Gasteiger partial charge is 0.253 e. The number of hydrogen-bond donors (Lipinski definition) is 2. The molecule has 2 aromatic heterocycles. The number of ether oxygens (including phenoxy) is 1. The average molecular weight is 381 g/mol. The highest BCUT2D eigenvalue weighted by molar-refractivity contribution is 6.18. The number of rotatable bonds is 3. The molecule has 4 N–H and O–H groups in total. The molecule has 4 rings (SSSR count). The number of anilines is 1. The fraction of sp³-hybridized carbons (Fsp3) is 0.200. The molecule has 0 unspecified atom stereocenters. The number of benzene rings is 2. The van der Waals surface area contributed by atoms with Crippen LogP contribution in [-0.4, -0.2) is 27.4 Å². The quantitative estimate of drug-likeness (QED) is 0.570. The van der Waals surface area contributed by atoms with Gasteiger partial charge in [0.15, 0.2) is 0 Å². The maximum absolute atomic E-state index is 14.7. The summed E-state index contributed by atoms with van der Waals surface area (Å²) >= 11 is 0. The monoisotopic (exact) mass is 381 g/mol. The molecule has 0 atom stereocenters. The molecule has 4 aromatic rings. The molecule has 1 amide bonds. The van der Waals surface area contributed by atoms with E-state index in [0.717, 1.165) is 10.9 Å². The van der Waals surface area contributed by atoms with Crippen molar-refractivity contribution in [1.29, 1.82) is 0 Å². The van der Waals surface area contributed by atoms with Crippen LogP contribution in [0, 0.1) is 19.7 Å². The lowest BCUT2D eigenvalue weighted by Crippen LogP contribution is -2.14. The van der Waals surface area contributed by atoms with Gasteiger partial charge < -0.3 is 16.2 Å². The van der Waals surface area contributed by atoms with Crippen LogP contribution in [0.25, 0.3) is 27.5 Å². The Balaban J connectivity index is 2.29. The van der Waals surface area contributed by atoms with Crippen LogP contribution < -0.4 is 16.2 Å². The van der Waals surface area contributed by atoms with E-state index >= 15 is 0 Å². The second-order valence-electron chi connectivity index (χ2n) is 6.82. The van der Waals surface area contributed by atoms with Gasteiger partial charge in [0, 0.05) is 41.2 Å². The molecule has 0 bridgehead atoms. The normalized spacial score (nSPS) is 11.5. The fourth-order valence-corrected chi connectivity index (χ4v) is 3.89. The van der Waals surface area contributed by atoms with Gasteiger partial charge in [-0.05, 0) is 26.0 Å². The number of halogens is 1. The molecule has 0 aliphatic carbocycles. The lowest BCUT2D eigenvalue weighted by atomic mass is 10.1. The van der Waals surface area contributed by atoms with Crippen LogP contribution in [0.15, 0.2) is 24.4 Å². The van der Waals surface area contributed by atoms with E-state index in [1.807, 2.05) is 13.1 Å². The second-order valence-corrected chi connectivity index (χ2v) is 6.82. The Labute approximate surface area is 160 Å². The van der Waals surface area contributed by atoms with Crippen LogP contribution in [0.1, 0.15) is 21.5 Å². The van der Waals surface area contributed by atoms with Gasteiger partial charge in [-0.1, -0.05) is 0 Å². The Kier molecular flexibility index (Phi) is 3.81. The Morgan fingerprint density at radius 3 is 2.57 bits per heavy atom. The zero-order valence-corrected chi connectivity index (χ0v) is 16.0. The lowest BCUT2D eigenvalue weighted by molar-refractivity contribution is 0.100. The van der Waals surface area contributed by atoms with Crippen molar-refractivity contribution >= 4 is 33.5 Å². The molecule has 0 aliphatic heterocycles. The summed E-state index contributed by atoms with van der Waals surface area (Å²) in [5.41, 5.74) is 15.2. The molecule has 0 saturated heterocycles. The van der Waals surface area contributed by atoms with E-state index < -0.39 is 11.7 Å². The van der Waals surface area contributed by atoms with E-state index in [1.165, 1.54) is 13.2 Å². The molecular weight excluding hydrogens is 361 g/mol. The van der Waals surface area contributed by atoms with Crippen molar-refractivity contribution in [3.63, 3.8) is 0 Å². The molecular formula is C20H20FN5O2. The molecule has 0 fully saturated rings. The highest BCUT2D eigenvalue weighted by atomic mass is 19.1. The number of nitrogen functional groups attached to an aromatic ring is 1. The lowest BCUT2D eigenvalue weighted by Gasteiger charge is -2.18. The predicted octanol–water partition coefficient (Wildman–Crippen LogP) is 2.96. The van der Waals surface area contributed by atoms with Gasteiger partial charge in [0.05, 0.1) is 29.4 Å². The predicted molar refractivity (Wildman–Crippen MR) is 106 cm³/mol. The Hall–Kier alpha value is -3.55. The third kappa shape index (κ3) is 2.27. The molecule has 0 saturated carbocycles. The van der Waals surface area contributed by atoms with Crippen LogP contribution in [0.5, 0.6) is 5.75 Å². The summed E-state index contributed by atoms with van der Waals surface area (Å²) in [6, 6.07) is 4.91. The maximum atomic E-state index is 14.7. The van der Waals surface area contributed by atoms with Gasteiger partial charge in [0.2, 0.25) is 0 Å². The third-order valence-corrected chi connectivity index (χ3v) is 5.15. The van der Waals surface area contributed by atoms with E-state index in [4.69, 9.17) is 16.2 Å². The number of carbonyl (C=O) groups excluding carboxylic acids is 1. The van der Waals surface area contributed by atoms with E-state index in [1.54, 1.807) is 35.4 Å². The number of nitrogens with two attached hydrogens (primary N) is 2. The summed E-state index contributed by atoms with van der Waals surface area (Å²) in [6.07, 6.45) is 1.83. The number of aryl methyl sites for hydroxylation is 1. The minimum Gasteiger partial charge on any atom is -0.496 e. The summed E-state index contributed by atoms with van der Waals surface area (Å²) in [5, 5.41) is 5.79. The minimum absolute atomic E-state index is 0.151. The van der Waals surface area contributed by atoms with Gasteiger partial charge in [-0.25, -0.2) is 4.39 Å². The average Bonchev–Trinajstić information content (AvgIpc) is 3.15. The number of amides is 1. The Bertz CT molecular complexity index is 1290. The van der Waals surface area contributed by atoms with Gasteiger partial charge in [-0.3, -0.25) is 14.0 Å². The molecule has 0 radical (unpaired) electrons. The maximum Gasteiger partial charge on any atom is 0.253 e. The minimum atomic E-state index is -0.650. The molecule has 8 heteroatoms. The van der Waals surface area contributed by atoms with Crippen LogP contribution in [0.2, 0.25) is 0 Å². The number of carbonyl (C=O) groups is 1. The number of aromatic nitrogens is 3. The number of hydrogen-bond acceptors (Lipinski definition) is 4. The van der Waals surface area contributed by atoms with E-state index in [2.05, 4.69) is 5.10 Å². The van der Waals surface area contributed by atoms with Crippen molar-refractivity contribution in [2.75, 3.05) is 12.8 Å². The number of primary amides is 1.